The molecule has 8 heteroatoms. The fraction of sp³-hybridized carbons (Fsp3) is 0.211. The average molecular weight is 372 g/mol. The summed E-state index contributed by atoms with van der Waals surface area (Å²) in [6, 6.07) is 6.87. The van der Waals surface area contributed by atoms with Gasteiger partial charge in [0.15, 0.2) is 5.82 Å². The van der Waals surface area contributed by atoms with E-state index in [1.54, 1.807) is 19.1 Å². The zero-order valence-electron chi connectivity index (χ0n) is 14.3. The lowest BCUT2D eigenvalue weighted by molar-refractivity contribution is -0.137. The summed E-state index contributed by atoms with van der Waals surface area (Å²) in [6.07, 6.45) is -2.26. The molecule has 1 aromatic carbocycles. The largest absolute Gasteiger partial charge is 0.416 e. The molecule has 0 radical (unpaired) electrons. The number of carbonyl (C=O) groups excluding carboxylic acids is 1. The number of amides is 1. The molecule has 0 unspecified atom stereocenters. The first-order valence-electron chi connectivity index (χ1n) is 8.34. The van der Waals surface area contributed by atoms with Crippen molar-refractivity contribution in [3.8, 4) is 22.8 Å². The van der Waals surface area contributed by atoms with Crippen molar-refractivity contribution in [3.63, 3.8) is 0 Å². The van der Waals surface area contributed by atoms with Crippen LogP contribution in [0.5, 0.6) is 0 Å². The normalized spacial score (nSPS) is 14.0. The number of carbonyl (C=O) groups is 1. The number of alkyl halides is 3. The molecule has 0 spiro atoms. The van der Waals surface area contributed by atoms with E-state index < -0.39 is 11.7 Å². The molecular formula is C19H15F3N4O. The van der Waals surface area contributed by atoms with E-state index in [1.807, 2.05) is 0 Å². The number of aromatic amines is 1. The number of halogens is 3. The Balaban J connectivity index is 1.77. The van der Waals surface area contributed by atoms with Gasteiger partial charge < -0.3 is 10.3 Å². The summed E-state index contributed by atoms with van der Waals surface area (Å²) in [5, 5.41) is 2.77. The maximum atomic E-state index is 13.0. The van der Waals surface area contributed by atoms with Crippen LogP contribution in [0.2, 0.25) is 0 Å². The minimum absolute atomic E-state index is 0.151. The number of hydrogen-bond donors (Lipinski definition) is 2. The molecule has 0 fully saturated rings. The Bertz CT molecular complexity index is 1040. The van der Waals surface area contributed by atoms with Crippen LogP contribution in [0.4, 0.5) is 13.2 Å². The van der Waals surface area contributed by atoms with Crippen LogP contribution in [0.3, 0.4) is 0 Å². The molecule has 1 aliphatic heterocycles. The van der Waals surface area contributed by atoms with Crippen LogP contribution in [0, 0.1) is 6.92 Å². The number of H-pyrrole nitrogens is 1. The van der Waals surface area contributed by atoms with E-state index in [9.17, 15) is 18.0 Å². The molecule has 2 aromatic heterocycles. The minimum Gasteiger partial charge on any atom is -0.356 e. The molecule has 138 valence electrons. The van der Waals surface area contributed by atoms with E-state index in [-0.39, 0.29) is 11.7 Å². The van der Waals surface area contributed by atoms with Gasteiger partial charge in [0.2, 0.25) is 0 Å². The van der Waals surface area contributed by atoms with Crippen LogP contribution in [-0.2, 0) is 12.6 Å². The SMILES string of the molecule is Cc1ccc(C(F)(F)F)cc1-c1nccc(-c2cc3c([nH]2)CCNC3=O)n1. The number of fused-ring (bicyclic) bond motifs is 1. The quantitative estimate of drug-likeness (QED) is 0.720. The predicted octanol–water partition coefficient (Wildman–Crippen LogP) is 3.75. The summed E-state index contributed by atoms with van der Waals surface area (Å²) in [5.41, 5.74) is 2.75. The maximum Gasteiger partial charge on any atom is 0.416 e. The van der Waals surface area contributed by atoms with Gasteiger partial charge in [-0.25, -0.2) is 9.97 Å². The number of hydrogen-bond acceptors (Lipinski definition) is 3. The Hall–Kier alpha value is -3.16. The minimum atomic E-state index is -4.44. The number of aromatic nitrogens is 3. The Morgan fingerprint density at radius 2 is 1.93 bits per heavy atom. The number of rotatable bonds is 2. The van der Waals surface area contributed by atoms with Gasteiger partial charge in [-0.1, -0.05) is 6.07 Å². The van der Waals surface area contributed by atoms with E-state index in [2.05, 4.69) is 20.3 Å². The molecule has 2 N–H and O–H groups in total. The lowest BCUT2D eigenvalue weighted by Crippen LogP contribution is -2.31. The monoisotopic (exact) mass is 372 g/mol. The molecule has 0 bridgehead atoms. The average Bonchev–Trinajstić information content (AvgIpc) is 3.07. The number of nitrogens with one attached hydrogen (secondary N) is 2. The molecule has 3 aromatic rings. The maximum absolute atomic E-state index is 13.0. The third-order valence-corrected chi connectivity index (χ3v) is 4.54. The number of benzene rings is 1. The van der Waals surface area contributed by atoms with E-state index in [1.165, 1.54) is 12.3 Å². The van der Waals surface area contributed by atoms with Gasteiger partial charge in [0.25, 0.3) is 5.91 Å². The highest BCUT2D eigenvalue weighted by molar-refractivity contribution is 5.97. The van der Waals surface area contributed by atoms with Gasteiger partial charge in [-0.15, -0.1) is 0 Å². The van der Waals surface area contributed by atoms with Crippen LogP contribution in [0.15, 0.2) is 36.5 Å². The Labute approximate surface area is 152 Å². The summed E-state index contributed by atoms with van der Waals surface area (Å²) in [5.74, 6) is 0.0508. The zero-order chi connectivity index (χ0) is 19.2. The van der Waals surface area contributed by atoms with Crippen molar-refractivity contribution in [2.75, 3.05) is 6.54 Å². The fourth-order valence-electron chi connectivity index (χ4n) is 3.11. The predicted molar refractivity (Wildman–Crippen MR) is 93.0 cm³/mol. The molecule has 5 nitrogen and oxygen atoms in total. The van der Waals surface area contributed by atoms with Crippen molar-refractivity contribution in [3.05, 3.63) is 58.9 Å². The molecule has 4 rings (SSSR count). The third-order valence-electron chi connectivity index (χ3n) is 4.54. The van der Waals surface area contributed by atoms with E-state index >= 15 is 0 Å². The van der Waals surface area contributed by atoms with Gasteiger partial charge >= 0.3 is 6.18 Å². The first kappa shape index (κ1) is 17.3. The van der Waals surface area contributed by atoms with Crippen molar-refractivity contribution in [1.29, 1.82) is 0 Å². The van der Waals surface area contributed by atoms with Gasteiger partial charge in [-0.05, 0) is 36.8 Å². The van der Waals surface area contributed by atoms with Crippen molar-refractivity contribution in [2.45, 2.75) is 19.5 Å². The standard InChI is InChI=1S/C19H15F3N4O/c1-10-2-3-11(19(20,21)22)8-12(10)17-23-6-5-15(26-17)16-9-13-14(25-16)4-7-24-18(13)27/h2-3,5-6,8-9,25H,4,7H2,1H3,(H,24,27). The number of nitrogens with zero attached hydrogens (tertiary/aromatic N) is 2. The first-order valence-corrected chi connectivity index (χ1v) is 8.34. The highest BCUT2D eigenvalue weighted by Gasteiger charge is 2.31. The van der Waals surface area contributed by atoms with Crippen LogP contribution in [0.25, 0.3) is 22.8 Å². The summed E-state index contributed by atoms with van der Waals surface area (Å²) >= 11 is 0. The van der Waals surface area contributed by atoms with Crippen molar-refractivity contribution in [2.24, 2.45) is 0 Å². The second-order valence-electron chi connectivity index (χ2n) is 6.37. The summed E-state index contributed by atoms with van der Waals surface area (Å²) < 4.78 is 39.1. The lowest BCUT2D eigenvalue weighted by Gasteiger charge is -2.11. The molecule has 27 heavy (non-hydrogen) atoms. The van der Waals surface area contributed by atoms with Gasteiger partial charge in [0, 0.05) is 30.4 Å². The molecule has 0 aliphatic carbocycles. The molecular weight excluding hydrogens is 357 g/mol. The third kappa shape index (κ3) is 3.18. The lowest BCUT2D eigenvalue weighted by atomic mass is 10.0. The second-order valence-corrected chi connectivity index (χ2v) is 6.37. The summed E-state index contributed by atoms with van der Waals surface area (Å²) in [6.45, 7) is 2.27. The molecule has 1 amide bonds. The Kier molecular flexibility index (Phi) is 3.98. The second kappa shape index (κ2) is 6.22. The smallest absolute Gasteiger partial charge is 0.356 e. The van der Waals surface area contributed by atoms with E-state index in [0.29, 0.717) is 41.0 Å². The topological polar surface area (TPSA) is 70.7 Å². The van der Waals surface area contributed by atoms with Gasteiger partial charge in [-0.3, -0.25) is 4.79 Å². The Morgan fingerprint density at radius 3 is 2.67 bits per heavy atom. The molecule has 1 aliphatic rings. The van der Waals surface area contributed by atoms with E-state index in [4.69, 9.17) is 0 Å². The molecule has 0 saturated carbocycles. The highest BCUT2D eigenvalue weighted by atomic mass is 19.4. The van der Waals surface area contributed by atoms with Crippen LogP contribution in [-0.4, -0.2) is 27.4 Å². The van der Waals surface area contributed by atoms with Crippen molar-refractivity contribution in [1.82, 2.24) is 20.3 Å². The summed E-state index contributed by atoms with van der Waals surface area (Å²) in [7, 11) is 0. The number of aryl methyl sites for hydroxylation is 1. The molecule has 0 atom stereocenters. The first-order chi connectivity index (χ1) is 12.8. The summed E-state index contributed by atoms with van der Waals surface area (Å²) in [4.78, 5) is 23.7. The Morgan fingerprint density at radius 1 is 1.11 bits per heavy atom. The zero-order valence-corrected chi connectivity index (χ0v) is 14.3. The fourth-order valence-corrected chi connectivity index (χ4v) is 3.11. The van der Waals surface area contributed by atoms with E-state index in [0.717, 1.165) is 17.8 Å². The van der Waals surface area contributed by atoms with Gasteiger partial charge in [0.05, 0.1) is 22.5 Å². The van der Waals surface area contributed by atoms with Gasteiger partial charge in [-0.2, -0.15) is 13.2 Å². The molecule has 3 heterocycles. The molecule has 0 saturated heterocycles. The van der Waals surface area contributed by atoms with Crippen molar-refractivity contribution >= 4 is 5.91 Å². The van der Waals surface area contributed by atoms with Crippen molar-refractivity contribution < 1.29 is 18.0 Å². The van der Waals surface area contributed by atoms with Crippen LogP contribution >= 0.6 is 0 Å². The highest BCUT2D eigenvalue weighted by Crippen LogP contribution is 2.33. The van der Waals surface area contributed by atoms with Crippen LogP contribution in [0.1, 0.15) is 27.2 Å². The van der Waals surface area contributed by atoms with Gasteiger partial charge in [0.1, 0.15) is 0 Å². The van der Waals surface area contributed by atoms with Crippen LogP contribution < -0.4 is 5.32 Å².